The Morgan fingerprint density at radius 2 is 1.79 bits per heavy atom. The highest BCUT2D eigenvalue weighted by Gasteiger charge is 2.42. The SMILES string of the molecule is COC(=O)N[C@H](C(=O)N1[C@@H](C)CC[C@H]1c1nc2ccc3cc4c(cc3c2[nH]1)OCc1cc(-c2cnc([C@@H]3C[C@H](C)CN3C(=O)OC(C)(C)C)[nH]2)ccc1-4)[C@@H](C)OC. The minimum Gasteiger partial charge on any atom is -0.488 e. The number of aromatic nitrogens is 4. The van der Waals surface area contributed by atoms with Crippen molar-refractivity contribution >= 4 is 39.9 Å². The van der Waals surface area contributed by atoms with Crippen LogP contribution in [0.5, 0.6) is 5.75 Å². The van der Waals surface area contributed by atoms with Crippen molar-refractivity contribution in [2.75, 3.05) is 20.8 Å². The van der Waals surface area contributed by atoms with Gasteiger partial charge < -0.3 is 39.1 Å². The van der Waals surface area contributed by atoms with Crippen LogP contribution in [0.1, 0.15) is 90.1 Å². The average Bonchev–Trinajstić information content (AvgIpc) is 4.00. The molecular weight excluding hydrogens is 727 g/mol. The van der Waals surface area contributed by atoms with Gasteiger partial charge in [0.05, 0.1) is 48.2 Å². The molecule has 5 aromatic rings. The number of methoxy groups -OCH3 is 2. The predicted molar refractivity (Wildman–Crippen MR) is 214 cm³/mol. The van der Waals surface area contributed by atoms with Gasteiger partial charge in [0.2, 0.25) is 5.91 Å². The van der Waals surface area contributed by atoms with Crippen molar-refractivity contribution in [3.63, 3.8) is 0 Å². The second-order valence-corrected chi connectivity index (χ2v) is 16.7. The van der Waals surface area contributed by atoms with Crippen LogP contribution in [0.3, 0.4) is 0 Å². The molecule has 3 aliphatic heterocycles. The molecule has 3 aliphatic rings. The third-order valence-electron chi connectivity index (χ3n) is 11.5. The van der Waals surface area contributed by atoms with Crippen molar-refractivity contribution in [2.24, 2.45) is 5.92 Å². The smallest absolute Gasteiger partial charge is 0.410 e. The highest BCUT2D eigenvalue weighted by molar-refractivity contribution is 6.07. The summed E-state index contributed by atoms with van der Waals surface area (Å²) >= 11 is 0. The molecule has 3 amide bonds. The number of ether oxygens (including phenoxy) is 4. The Balaban J connectivity index is 1.06. The number of hydrogen-bond donors (Lipinski definition) is 3. The monoisotopic (exact) mass is 777 g/mol. The molecule has 0 aliphatic carbocycles. The number of likely N-dealkylation sites (tertiary alicyclic amines) is 2. The number of imidazole rings is 2. The van der Waals surface area contributed by atoms with Crippen LogP contribution in [0.2, 0.25) is 0 Å². The predicted octanol–water partition coefficient (Wildman–Crippen LogP) is 7.80. The van der Waals surface area contributed by atoms with Crippen molar-refractivity contribution in [2.45, 2.75) is 103 Å². The van der Waals surface area contributed by atoms with E-state index in [9.17, 15) is 14.4 Å². The van der Waals surface area contributed by atoms with Crippen molar-refractivity contribution in [3.8, 4) is 28.1 Å². The summed E-state index contributed by atoms with van der Waals surface area (Å²) < 4.78 is 22.4. The largest absolute Gasteiger partial charge is 0.488 e. The number of nitrogens with zero attached hydrogens (tertiary/aromatic N) is 4. The van der Waals surface area contributed by atoms with Gasteiger partial charge >= 0.3 is 12.2 Å². The van der Waals surface area contributed by atoms with Crippen molar-refractivity contribution in [3.05, 3.63) is 65.9 Å². The first-order valence-electron chi connectivity index (χ1n) is 19.7. The van der Waals surface area contributed by atoms with Gasteiger partial charge in [-0.25, -0.2) is 19.6 Å². The quantitative estimate of drug-likeness (QED) is 0.150. The van der Waals surface area contributed by atoms with Gasteiger partial charge in [0.25, 0.3) is 0 Å². The summed E-state index contributed by atoms with van der Waals surface area (Å²) in [5.74, 6) is 2.31. The maximum Gasteiger partial charge on any atom is 0.410 e. The molecule has 57 heavy (non-hydrogen) atoms. The summed E-state index contributed by atoms with van der Waals surface area (Å²) in [6.45, 7) is 12.6. The summed E-state index contributed by atoms with van der Waals surface area (Å²) in [4.78, 5) is 59.7. The molecule has 300 valence electrons. The van der Waals surface area contributed by atoms with Crippen LogP contribution in [-0.2, 0) is 25.6 Å². The lowest BCUT2D eigenvalue weighted by Crippen LogP contribution is -2.55. The van der Waals surface area contributed by atoms with Crippen LogP contribution in [0.4, 0.5) is 9.59 Å². The van der Waals surface area contributed by atoms with E-state index in [-0.39, 0.29) is 30.1 Å². The summed E-state index contributed by atoms with van der Waals surface area (Å²) in [7, 11) is 2.78. The lowest BCUT2D eigenvalue weighted by Gasteiger charge is -2.33. The number of carbonyl (C=O) groups excluding carboxylic acids is 3. The molecule has 2 aromatic heterocycles. The number of aromatic amines is 2. The average molecular weight is 778 g/mol. The van der Waals surface area contributed by atoms with E-state index in [4.69, 9.17) is 28.9 Å². The molecule has 0 spiro atoms. The topological polar surface area (TPSA) is 164 Å². The van der Waals surface area contributed by atoms with Gasteiger partial charge in [-0.3, -0.25) is 9.69 Å². The van der Waals surface area contributed by atoms with Crippen molar-refractivity contribution in [1.29, 1.82) is 0 Å². The number of alkyl carbamates (subject to hydrolysis) is 1. The van der Waals surface area contributed by atoms with Crippen LogP contribution in [-0.4, -0.2) is 92.4 Å². The number of H-pyrrole nitrogens is 2. The lowest BCUT2D eigenvalue weighted by molar-refractivity contribution is -0.139. The van der Waals surface area contributed by atoms with Gasteiger partial charge in [-0.05, 0) is 106 Å². The number of nitrogens with one attached hydrogen (secondary N) is 3. The van der Waals surface area contributed by atoms with Gasteiger partial charge in [-0.2, -0.15) is 0 Å². The van der Waals surface area contributed by atoms with Gasteiger partial charge in [0, 0.05) is 30.6 Å². The van der Waals surface area contributed by atoms with Gasteiger partial charge in [-0.15, -0.1) is 0 Å². The van der Waals surface area contributed by atoms with Crippen LogP contribution in [0, 0.1) is 5.92 Å². The van der Waals surface area contributed by atoms with Crippen molar-refractivity contribution in [1.82, 2.24) is 35.1 Å². The first-order chi connectivity index (χ1) is 27.2. The molecular formula is C43H51N7O7. The number of benzene rings is 3. The van der Waals surface area contributed by atoms with E-state index in [0.717, 1.165) is 80.6 Å². The number of fused-ring (bicyclic) bond motifs is 6. The van der Waals surface area contributed by atoms with Gasteiger partial charge in [0.15, 0.2) is 0 Å². The van der Waals surface area contributed by atoms with Gasteiger partial charge in [0.1, 0.15) is 35.6 Å². The molecule has 5 heterocycles. The van der Waals surface area contributed by atoms with Crippen LogP contribution >= 0.6 is 0 Å². The molecule has 0 bridgehead atoms. The second-order valence-electron chi connectivity index (χ2n) is 16.7. The highest BCUT2D eigenvalue weighted by atomic mass is 16.6. The zero-order valence-electron chi connectivity index (χ0n) is 33.8. The third-order valence-corrected chi connectivity index (χ3v) is 11.5. The maximum atomic E-state index is 14.0. The molecule has 0 unspecified atom stereocenters. The summed E-state index contributed by atoms with van der Waals surface area (Å²) in [6.07, 6.45) is 2.57. The first kappa shape index (κ1) is 38.3. The molecule has 0 radical (unpaired) electrons. The molecule has 6 atom stereocenters. The van der Waals surface area contributed by atoms with Gasteiger partial charge in [-0.1, -0.05) is 25.1 Å². The molecule has 3 aromatic carbocycles. The van der Waals surface area contributed by atoms with Crippen LogP contribution in [0.25, 0.3) is 44.2 Å². The number of rotatable bonds is 7. The Labute approximate surface area is 331 Å². The fourth-order valence-corrected chi connectivity index (χ4v) is 8.60. The maximum absolute atomic E-state index is 14.0. The zero-order valence-corrected chi connectivity index (χ0v) is 33.8. The van der Waals surface area contributed by atoms with E-state index in [0.29, 0.717) is 24.9 Å². The second kappa shape index (κ2) is 14.7. The van der Waals surface area contributed by atoms with E-state index < -0.39 is 23.8 Å². The standard InChI is InChI=1S/C43H51N7O7/c1-22-15-34(49(20-22)42(53)57-43(4,5)6)38-44-19-32(46-38)26-10-12-28-27(16-26)21-56-35-18-29-25(17-30(28)35)11-13-31-37(29)47-39(45-31)33-14-9-23(2)50(33)40(51)36(24(3)54-7)48-41(52)55-8/h10-13,16-19,22-24,33-34,36H,9,14-15,20-21H2,1-8H3,(H,44,46)(H,45,47)(H,48,52)/t22-,23-,24+,33-,34-,36-/m0/s1. The number of amides is 3. The normalized spacial score (nSPS) is 21.5. The Morgan fingerprint density at radius 3 is 2.54 bits per heavy atom. The molecule has 8 rings (SSSR count). The lowest BCUT2D eigenvalue weighted by atomic mass is 9.92. The fourth-order valence-electron chi connectivity index (χ4n) is 8.60. The minimum atomic E-state index is -0.923. The summed E-state index contributed by atoms with van der Waals surface area (Å²) in [6, 6.07) is 13.2. The summed E-state index contributed by atoms with van der Waals surface area (Å²) in [5, 5.41) is 4.66. The van der Waals surface area contributed by atoms with Crippen LogP contribution in [0.15, 0.2) is 48.7 Å². The van der Waals surface area contributed by atoms with E-state index in [1.165, 1.54) is 14.2 Å². The highest BCUT2D eigenvalue weighted by Crippen LogP contribution is 2.44. The van der Waals surface area contributed by atoms with E-state index in [2.05, 4.69) is 58.6 Å². The number of carbonyl (C=O) groups is 3. The summed E-state index contributed by atoms with van der Waals surface area (Å²) in [5.41, 5.74) is 6.11. The number of hydrogen-bond acceptors (Lipinski definition) is 9. The fraction of sp³-hybridized carbons (Fsp3) is 0.465. The molecule has 14 nitrogen and oxygen atoms in total. The third kappa shape index (κ3) is 7.15. The van der Waals surface area contributed by atoms with Crippen LogP contribution < -0.4 is 10.1 Å². The van der Waals surface area contributed by atoms with E-state index in [1.807, 2.05) is 44.9 Å². The molecule has 0 saturated carbocycles. The first-order valence-corrected chi connectivity index (χ1v) is 19.7. The minimum absolute atomic E-state index is 0.0691. The van der Waals surface area contributed by atoms with E-state index >= 15 is 0 Å². The Hall–Kier alpha value is -5.63. The van der Waals surface area contributed by atoms with Crippen molar-refractivity contribution < 1.29 is 33.3 Å². The zero-order chi connectivity index (χ0) is 40.3. The van der Waals surface area contributed by atoms with E-state index in [1.54, 1.807) is 11.8 Å². The Morgan fingerprint density at radius 1 is 0.982 bits per heavy atom. The Bertz CT molecular complexity index is 2360. The molecule has 2 saturated heterocycles. The Kier molecular flexibility index (Phi) is 9.87. The molecule has 2 fully saturated rings. The molecule has 14 heteroatoms. The molecule has 3 N–H and O–H groups in total.